The Morgan fingerprint density at radius 3 is 2.50 bits per heavy atom. The number of likely N-dealkylation sites (N-methyl/N-ethyl adjacent to an activating group) is 1. The fourth-order valence-corrected chi connectivity index (χ4v) is 1.97. The highest BCUT2D eigenvalue weighted by molar-refractivity contribution is 5.94. The summed E-state index contributed by atoms with van der Waals surface area (Å²) >= 11 is 0. The van der Waals surface area contributed by atoms with Crippen molar-refractivity contribution in [3.8, 4) is 0 Å². The van der Waals surface area contributed by atoms with Crippen LogP contribution in [0.25, 0.3) is 10.8 Å². The molecule has 4 nitrogen and oxygen atoms in total. The van der Waals surface area contributed by atoms with Crippen LogP contribution < -0.4 is 4.90 Å². The highest BCUT2D eigenvalue weighted by atomic mass is 16.3. The van der Waals surface area contributed by atoms with Crippen LogP contribution in [0.4, 0.5) is 5.82 Å². The Balaban J connectivity index is 2.59. The summed E-state index contributed by atoms with van der Waals surface area (Å²) in [5.41, 5.74) is 0.819. The van der Waals surface area contributed by atoms with E-state index in [1.807, 2.05) is 43.1 Å². The molecule has 96 valence electrons. The number of nitrogens with zero attached hydrogens (tertiary/aromatic N) is 2. The predicted octanol–water partition coefficient (Wildman–Crippen LogP) is 1.54. The third-order valence-corrected chi connectivity index (χ3v) is 3.29. The van der Waals surface area contributed by atoms with Gasteiger partial charge in [-0.3, -0.25) is 0 Å². The maximum Gasteiger partial charge on any atom is 0.136 e. The zero-order valence-corrected chi connectivity index (χ0v) is 10.7. The predicted molar refractivity (Wildman–Crippen MR) is 72.6 cm³/mol. The zero-order valence-electron chi connectivity index (χ0n) is 10.7. The molecule has 1 atom stereocenters. The van der Waals surface area contributed by atoms with E-state index in [9.17, 15) is 10.2 Å². The van der Waals surface area contributed by atoms with E-state index in [0.29, 0.717) is 0 Å². The molecule has 2 rings (SSSR count). The number of anilines is 1. The van der Waals surface area contributed by atoms with Gasteiger partial charge in [-0.05, 0) is 12.3 Å². The fraction of sp³-hybridized carbons (Fsp3) is 0.357. The largest absolute Gasteiger partial charge is 0.394 e. The Bertz CT molecular complexity index is 542. The van der Waals surface area contributed by atoms with E-state index in [1.165, 1.54) is 0 Å². The van der Waals surface area contributed by atoms with Crippen LogP contribution in [0.3, 0.4) is 0 Å². The van der Waals surface area contributed by atoms with Crippen LogP contribution in [-0.2, 0) is 6.61 Å². The van der Waals surface area contributed by atoms with Crippen molar-refractivity contribution in [2.45, 2.75) is 19.6 Å². The normalized spacial score (nSPS) is 12.7. The van der Waals surface area contributed by atoms with Gasteiger partial charge >= 0.3 is 0 Å². The molecule has 4 heteroatoms. The number of aliphatic hydroxyl groups excluding tert-OH is 2. The van der Waals surface area contributed by atoms with Gasteiger partial charge < -0.3 is 15.1 Å². The number of rotatable bonds is 4. The molecule has 0 saturated heterocycles. The van der Waals surface area contributed by atoms with E-state index >= 15 is 0 Å². The third kappa shape index (κ3) is 2.17. The first kappa shape index (κ1) is 12.8. The van der Waals surface area contributed by atoms with E-state index in [4.69, 9.17) is 0 Å². The monoisotopic (exact) mass is 246 g/mol. The summed E-state index contributed by atoms with van der Waals surface area (Å²) in [5, 5.41) is 20.6. The molecule has 0 aliphatic rings. The molecular weight excluding hydrogens is 228 g/mol. The van der Waals surface area contributed by atoms with Crippen molar-refractivity contribution < 1.29 is 10.2 Å². The Morgan fingerprint density at radius 2 is 1.89 bits per heavy atom. The molecule has 2 N–H and O–H groups in total. The summed E-state index contributed by atoms with van der Waals surface area (Å²) < 4.78 is 0. The molecule has 1 heterocycles. The molecule has 18 heavy (non-hydrogen) atoms. The van der Waals surface area contributed by atoms with Gasteiger partial charge in [-0.2, -0.15) is 0 Å². The molecule has 0 aliphatic carbocycles. The summed E-state index contributed by atoms with van der Waals surface area (Å²) in [6.07, 6.45) is 1.69. The van der Waals surface area contributed by atoms with Gasteiger partial charge in [-0.15, -0.1) is 0 Å². The van der Waals surface area contributed by atoms with Crippen LogP contribution in [0.5, 0.6) is 0 Å². The van der Waals surface area contributed by atoms with Gasteiger partial charge in [0.2, 0.25) is 0 Å². The molecule has 1 aromatic carbocycles. The van der Waals surface area contributed by atoms with Crippen LogP contribution in [-0.4, -0.2) is 34.9 Å². The summed E-state index contributed by atoms with van der Waals surface area (Å²) in [5.74, 6) is 0.823. The quantitative estimate of drug-likeness (QED) is 0.859. The topological polar surface area (TPSA) is 56.6 Å². The number of pyridine rings is 1. The molecule has 0 amide bonds. The van der Waals surface area contributed by atoms with Crippen molar-refractivity contribution in [1.82, 2.24) is 4.98 Å². The van der Waals surface area contributed by atoms with Crippen molar-refractivity contribution >= 4 is 16.6 Å². The van der Waals surface area contributed by atoms with Gasteiger partial charge in [-0.1, -0.05) is 24.3 Å². The lowest BCUT2D eigenvalue weighted by Crippen LogP contribution is -2.32. The van der Waals surface area contributed by atoms with E-state index in [-0.39, 0.29) is 19.3 Å². The molecular formula is C14H18N2O2. The highest BCUT2D eigenvalue weighted by Gasteiger charge is 2.14. The Hall–Kier alpha value is -1.65. The molecule has 0 radical (unpaired) electrons. The average molecular weight is 246 g/mol. The number of hydrogen-bond donors (Lipinski definition) is 2. The minimum absolute atomic E-state index is 0.000817. The lowest BCUT2D eigenvalue weighted by molar-refractivity contribution is 0.270. The number of fused-ring (bicyclic) bond motifs is 1. The Labute approximate surface area is 107 Å². The molecule has 0 saturated carbocycles. The first-order valence-electron chi connectivity index (χ1n) is 6.00. The average Bonchev–Trinajstić information content (AvgIpc) is 2.44. The van der Waals surface area contributed by atoms with Crippen molar-refractivity contribution in [3.05, 3.63) is 36.0 Å². The molecule has 0 spiro atoms. The molecule has 0 bridgehead atoms. The van der Waals surface area contributed by atoms with Crippen molar-refractivity contribution in [2.24, 2.45) is 0 Å². The maximum absolute atomic E-state index is 9.33. The van der Waals surface area contributed by atoms with Crippen LogP contribution >= 0.6 is 0 Å². The van der Waals surface area contributed by atoms with Crippen LogP contribution in [0.2, 0.25) is 0 Å². The van der Waals surface area contributed by atoms with E-state index in [0.717, 1.165) is 22.2 Å². The van der Waals surface area contributed by atoms with Gasteiger partial charge in [-0.25, -0.2) is 4.98 Å². The number of aromatic nitrogens is 1. The smallest absolute Gasteiger partial charge is 0.136 e. The summed E-state index contributed by atoms with van der Waals surface area (Å²) in [4.78, 5) is 6.35. The molecule has 2 aromatic rings. The van der Waals surface area contributed by atoms with E-state index in [1.54, 1.807) is 6.20 Å². The number of benzene rings is 1. The van der Waals surface area contributed by atoms with Crippen molar-refractivity contribution in [2.75, 3.05) is 18.6 Å². The van der Waals surface area contributed by atoms with Crippen molar-refractivity contribution in [3.63, 3.8) is 0 Å². The second-order valence-electron chi connectivity index (χ2n) is 4.45. The molecule has 0 fully saturated rings. The summed E-state index contributed by atoms with van der Waals surface area (Å²) in [6, 6.07) is 7.86. The fourth-order valence-electron chi connectivity index (χ4n) is 1.97. The first-order chi connectivity index (χ1) is 8.69. The van der Waals surface area contributed by atoms with Gasteiger partial charge in [0.15, 0.2) is 0 Å². The molecule has 1 aromatic heterocycles. The number of aliphatic hydroxyl groups is 2. The standard InChI is InChI=1S/C14H18N2O2/c1-10(8-17)16(2)14-13-6-4-3-5-12(13)11(9-18)7-15-14/h3-7,10,17-18H,8-9H2,1-2H3. The second kappa shape index (κ2) is 5.33. The Kier molecular flexibility index (Phi) is 3.79. The van der Waals surface area contributed by atoms with Crippen LogP contribution in [0.15, 0.2) is 30.5 Å². The first-order valence-corrected chi connectivity index (χ1v) is 6.00. The Morgan fingerprint density at radius 1 is 1.22 bits per heavy atom. The third-order valence-electron chi connectivity index (χ3n) is 3.29. The van der Waals surface area contributed by atoms with Crippen LogP contribution in [0, 0.1) is 0 Å². The van der Waals surface area contributed by atoms with Gasteiger partial charge in [0.25, 0.3) is 0 Å². The van der Waals surface area contributed by atoms with E-state index in [2.05, 4.69) is 4.98 Å². The molecule has 1 unspecified atom stereocenters. The number of hydrogen-bond acceptors (Lipinski definition) is 4. The van der Waals surface area contributed by atoms with Crippen LogP contribution in [0.1, 0.15) is 12.5 Å². The molecule has 0 aliphatic heterocycles. The van der Waals surface area contributed by atoms with Crippen molar-refractivity contribution in [1.29, 1.82) is 0 Å². The highest BCUT2D eigenvalue weighted by Crippen LogP contribution is 2.27. The van der Waals surface area contributed by atoms with Gasteiger partial charge in [0.1, 0.15) is 5.82 Å². The minimum Gasteiger partial charge on any atom is -0.394 e. The lowest BCUT2D eigenvalue weighted by Gasteiger charge is -2.25. The SMILES string of the molecule is CC(CO)N(C)c1ncc(CO)c2ccccc12. The second-order valence-corrected chi connectivity index (χ2v) is 4.45. The maximum atomic E-state index is 9.33. The zero-order chi connectivity index (χ0) is 13.1. The minimum atomic E-state index is -0.0208. The summed E-state index contributed by atoms with van der Waals surface area (Å²) in [7, 11) is 1.91. The van der Waals surface area contributed by atoms with Gasteiger partial charge in [0, 0.05) is 24.2 Å². The van der Waals surface area contributed by atoms with Gasteiger partial charge in [0.05, 0.1) is 19.3 Å². The van der Waals surface area contributed by atoms with E-state index < -0.39 is 0 Å². The lowest BCUT2D eigenvalue weighted by atomic mass is 10.1. The summed E-state index contributed by atoms with van der Waals surface area (Å²) in [6.45, 7) is 2.00.